The van der Waals surface area contributed by atoms with Crippen LogP contribution in [0.4, 0.5) is 5.69 Å². The van der Waals surface area contributed by atoms with Gasteiger partial charge in [-0.25, -0.2) is 0 Å². The quantitative estimate of drug-likeness (QED) is 0.494. The van der Waals surface area contributed by atoms with Gasteiger partial charge in [0, 0.05) is 30.8 Å². The van der Waals surface area contributed by atoms with Gasteiger partial charge in [-0.15, -0.1) is 24.8 Å². The Morgan fingerprint density at radius 3 is 2.37 bits per heavy atom. The van der Waals surface area contributed by atoms with Gasteiger partial charge in [-0.1, -0.05) is 39.2 Å². The number of benzene rings is 1. The minimum atomic E-state index is -0.117. The van der Waals surface area contributed by atoms with Crippen LogP contribution in [0, 0.1) is 5.41 Å². The van der Waals surface area contributed by atoms with E-state index < -0.39 is 0 Å². The highest BCUT2D eigenvalue weighted by Gasteiger charge is 2.32. The van der Waals surface area contributed by atoms with Crippen molar-refractivity contribution >= 4 is 42.3 Å². The highest BCUT2D eigenvalue weighted by molar-refractivity contribution is 5.97. The van der Waals surface area contributed by atoms with Crippen LogP contribution < -0.4 is 16.4 Å². The smallest absolute Gasteiger partial charge is 0.251 e. The summed E-state index contributed by atoms with van der Waals surface area (Å²) in [6.07, 6.45) is 6.01. The molecule has 30 heavy (non-hydrogen) atoms. The van der Waals surface area contributed by atoms with Crippen molar-refractivity contribution in [2.75, 3.05) is 38.0 Å². The molecule has 8 heteroatoms. The number of rotatable bonds is 10. The zero-order valence-electron chi connectivity index (χ0n) is 18.2. The van der Waals surface area contributed by atoms with Crippen molar-refractivity contribution in [3.63, 3.8) is 0 Å². The molecule has 0 bridgehead atoms. The molecule has 0 aromatic heterocycles. The van der Waals surface area contributed by atoms with E-state index in [1.807, 2.05) is 6.07 Å². The molecule has 1 aromatic rings. The van der Waals surface area contributed by atoms with Crippen LogP contribution in [0.2, 0.25) is 0 Å². The summed E-state index contributed by atoms with van der Waals surface area (Å²) in [4.78, 5) is 27.2. The summed E-state index contributed by atoms with van der Waals surface area (Å²) < 4.78 is 0. The van der Waals surface area contributed by atoms with Crippen LogP contribution in [-0.2, 0) is 4.79 Å². The Bertz CT molecular complexity index is 648. The second-order valence-electron chi connectivity index (χ2n) is 7.85. The Balaban J connectivity index is 0.00000420. The first kappa shape index (κ1) is 28.7. The van der Waals surface area contributed by atoms with E-state index in [2.05, 4.69) is 29.4 Å². The van der Waals surface area contributed by atoms with Crippen LogP contribution >= 0.6 is 24.8 Å². The summed E-state index contributed by atoms with van der Waals surface area (Å²) in [5.41, 5.74) is 7.14. The van der Waals surface area contributed by atoms with Gasteiger partial charge in [-0.3, -0.25) is 9.59 Å². The summed E-state index contributed by atoms with van der Waals surface area (Å²) in [5, 5.41) is 5.90. The van der Waals surface area contributed by atoms with Gasteiger partial charge in [-0.05, 0) is 56.1 Å². The number of nitrogens with one attached hydrogen (secondary N) is 2. The lowest BCUT2D eigenvalue weighted by atomic mass is 9.71. The standard InChI is InChI=1S/C22H36N4O2.2ClH/c1-3-26(4-2)14-13-24-21(28)18-9-8-10-19(15-18)25-20(27)16-22(17-23)11-6-5-7-12-22;;/h8-10,15H,3-7,11-14,16-17,23H2,1-2H3,(H,24,28)(H,25,27);2*1H. The Morgan fingerprint density at radius 1 is 1.10 bits per heavy atom. The maximum absolute atomic E-state index is 12.6. The van der Waals surface area contributed by atoms with E-state index in [0.29, 0.717) is 30.8 Å². The first-order valence-electron chi connectivity index (χ1n) is 10.6. The van der Waals surface area contributed by atoms with Gasteiger partial charge >= 0.3 is 0 Å². The molecule has 0 spiro atoms. The van der Waals surface area contributed by atoms with Gasteiger partial charge in [0.25, 0.3) is 5.91 Å². The average molecular weight is 461 g/mol. The molecular formula is C22H38Cl2N4O2. The topological polar surface area (TPSA) is 87.5 Å². The van der Waals surface area contributed by atoms with Crippen LogP contribution in [-0.4, -0.2) is 49.4 Å². The summed E-state index contributed by atoms with van der Waals surface area (Å²) in [6, 6.07) is 7.13. The van der Waals surface area contributed by atoms with Crippen LogP contribution in [0.1, 0.15) is 62.7 Å². The lowest BCUT2D eigenvalue weighted by Crippen LogP contribution is -2.36. The van der Waals surface area contributed by atoms with Crippen LogP contribution in [0.3, 0.4) is 0 Å². The van der Waals surface area contributed by atoms with Gasteiger partial charge in [-0.2, -0.15) is 0 Å². The molecule has 1 aliphatic carbocycles. The number of hydrogen-bond acceptors (Lipinski definition) is 4. The zero-order chi connectivity index (χ0) is 20.4. The minimum Gasteiger partial charge on any atom is -0.351 e. The van der Waals surface area contributed by atoms with Crippen LogP contribution in [0.15, 0.2) is 24.3 Å². The van der Waals surface area contributed by atoms with Gasteiger partial charge in [0.15, 0.2) is 0 Å². The number of likely N-dealkylation sites (N-methyl/N-ethyl adjacent to an activating group) is 1. The Labute approximate surface area is 193 Å². The lowest BCUT2D eigenvalue weighted by molar-refractivity contribution is -0.118. The number of nitrogens with two attached hydrogens (primary N) is 1. The number of halogens is 2. The van der Waals surface area contributed by atoms with E-state index in [9.17, 15) is 9.59 Å². The van der Waals surface area contributed by atoms with Gasteiger partial charge in [0.05, 0.1) is 0 Å². The molecule has 0 atom stereocenters. The average Bonchev–Trinajstić information content (AvgIpc) is 2.72. The molecule has 0 saturated heterocycles. The number of carbonyl (C=O) groups excluding carboxylic acids is 2. The van der Waals surface area contributed by atoms with E-state index in [0.717, 1.165) is 45.3 Å². The number of anilines is 1. The molecule has 1 saturated carbocycles. The van der Waals surface area contributed by atoms with E-state index in [-0.39, 0.29) is 42.0 Å². The molecule has 1 aliphatic rings. The molecule has 1 aromatic carbocycles. The zero-order valence-corrected chi connectivity index (χ0v) is 19.9. The largest absolute Gasteiger partial charge is 0.351 e. The fraction of sp³-hybridized carbons (Fsp3) is 0.636. The molecular weight excluding hydrogens is 423 g/mol. The fourth-order valence-corrected chi connectivity index (χ4v) is 4.01. The normalized spacial score (nSPS) is 14.9. The fourth-order valence-electron chi connectivity index (χ4n) is 4.01. The number of nitrogens with zero attached hydrogens (tertiary/aromatic N) is 1. The maximum atomic E-state index is 12.6. The van der Waals surface area contributed by atoms with Crippen molar-refractivity contribution in [2.24, 2.45) is 11.1 Å². The second kappa shape index (κ2) is 14.6. The molecule has 2 amide bonds. The molecule has 0 aliphatic heterocycles. The minimum absolute atomic E-state index is 0. The lowest BCUT2D eigenvalue weighted by Gasteiger charge is -2.35. The SMILES string of the molecule is CCN(CC)CCNC(=O)c1cccc(NC(=O)CC2(CN)CCCCC2)c1.Cl.Cl. The maximum Gasteiger partial charge on any atom is 0.251 e. The first-order valence-corrected chi connectivity index (χ1v) is 10.6. The number of hydrogen-bond donors (Lipinski definition) is 3. The van der Waals surface area contributed by atoms with Crippen molar-refractivity contribution in [3.05, 3.63) is 29.8 Å². The first-order chi connectivity index (χ1) is 13.5. The van der Waals surface area contributed by atoms with Gasteiger partial charge in [0.2, 0.25) is 5.91 Å². The third-order valence-corrected chi connectivity index (χ3v) is 5.90. The number of carbonyl (C=O) groups is 2. The molecule has 0 unspecified atom stereocenters. The van der Waals surface area contributed by atoms with Crippen molar-refractivity contribution in [3.8, 4) is 0 Å². The van der Waals surface area contributed by atoms with Crippen molar-refractivity contribution in [1.82, 2.24) is 10.2 Å². The highest BCUT2D eigenvalue weighted by atomic mass is 35.5. The van der Waals surface area contributed by atoms with Crippen molar-refractivity contribution < 1.29 is 9.59 Å². The third kappa shape index (κ3) is 8.80. The second-order valence-corrected chi connectivity index (χ2v) is 7.85. The van der Waals surface area contributed by atoms with E-state index in [4.69, 9.17) is 5.73 Å². The van der Waals surface area contributed by atoms with Crippen LogP contribution in [0.25, 0.3) is 0 Å². The Morgan fingerprint density at radius 2 is 1.77 bits per heavy atom. The molecule has 2 rings (SSSR count). The summed E-state index contributed by atoms with van der Waals surface area (Å²) in [6.45, 7) is 8.15. The van der Waals surface area contributed by atoms with E-state index in [1.54, 1.807) is 18.2 Å². The van der Waals surface area contributed by atoms with Gasteiger partial charge < -0.3 is 21.3 Å². The Hall–Kier alpha value is -1.34. The molecule has 4 N–H and O–H groups in total. The van der Waals surface area contributed by atoms with E-state index in [1.165, 1.54) is 6.42 Å². The molecule has 1 fully saturated rings. The predicted octanol–water partition coefficient (Wildman–Crippen LogP) is 3.84. The summed E-state index contributed by atoms with van der Waals surface area (Å²) in [5.74, 6) is -0.139. The molecule has 172 valence electrons. The van der Waals surface area contributed by atoms with Crippen LogP contribution in [0.5, 0.6) is 0 Å². The predicted molar refractivity (Wildman–Crippen MR) is 129 cm³/mol. The Kier molecular flexibility index (Phi) is 14.0. The monoisotopic (exact) mass is 460 g/mol. The number of amides is 2. The van der Waals surface area contributed by atoms with Crippen molar-refractivity contribution in [1.29, 1.82) is 0 Å². The molecule has 0 radical (unpaired) electrons. The van der Waals surface area contributed by atoms with Gasteiger partial charge in [0.1, 0.15) is 0 Å². The molecule has 6 nitrogen and oxygen atoms in total. The summed E-state index contributed by atoms with van der Waals surface area (Å²) in [7, 11) is 0. The highest BCUT2D eigenvalue weighted by Crippen LogP contribution is 2.38. The van der Waals surface area contributed by atoms with Crippen molar-refractivity contribution in [2.45, 2.75) is 52.4 Å². The molecule has 0 heterocycles. The third-order valence-electron chi connectivity index (χ3n) is 5.90. The summed E-state index contributed by atoms with van der Waals surface area (Å²) >= 11 is 0. The van der Waals surface area contributed by atoms with E-state index >= 15 is 0 Å².